The van der Waals surface area contributed by atoms with Crippen molar-refractivity contribution in [3.05, 3.63) is 47.9 Å². The van der Waals surface area contributed by atoms with Gasteiger partial charge in [-0.1, -0.05) is 6.58 Å². The number of nitrogens with zero attached hydrogens (tertiary/aromatic N) is 5. The van der Waals surface area contributed by atoms with Crippen molar-refractivity contribution in [1.29, 1.82) is 0 Å². The number of piperidine rings is 1. The summed E-state index contributed by atoms with van der Waals surface area (Å²) >= 11 is 0. The number of aromatic nitrogens is 2. The van der Waals surface area contributed by atoms with Crippen LogP contribution in [-0.4, -0.2) is 84.2 Å². The third-order valence-corrected chi connectivity index (χ3v) is 8.27. The van der Waals surface area contributed by atoms with Gasteiger partial charge in [-0.15, -0.1) is 0 Å². The zero-order valence-corrected chi connectivity index (χ0v) is 21.6. The Labute approximate surface area is 219 Å². The summed E-state index contributed by atoms with van der Waals surface area (Å²) in [5.41, 5.74) is 5.22. The number of likely N-dealkylation sites (tertiary alicyclic amines) is 2. The molecule has 3 fully saturated rings. The van der Waals surface area contributed by atoms with Crippen LogP contribution in [0.5, 0.6) is 5.75 Å². The molecule has 3 saturated heterocycles. The fourth-order valence-corrected chi connectivity index (χ4v) is 6.20. The molecule has 9 nitrogen and oxygen atoms in total. The number of carbonyl (C=O) groups excluding carboxylic acids is 1. The highest BCUT2D eigenvalue weighted by molar-refractivity contribution is 5.87. The molecule has 2 aromatic heterocycles. The zero-order valence-electron chi connectivity index (χ0n) is 21.6. The molecule has 0 unspecified atom stereocenters. The van der Waals surface area contributed by atoms with Crippen LogP contribution >= 0.6 is 0 Å². The van der Waals surface area contributed by atoms with E-state index in [2.05, 4.69) is 38.8 Å². The monoisotopic (exact) mass is 506 g/mol. The number of pyridine rings is 2. The van der Waals surface area contributed by atoms with Crippen LogP contribution in [0.25, 0.3) is 0 Å². The first-order chi connectivity index (χ1) is 18.1. The van der Waals surface area contributed by atoms with E-state index in [1.54, 1.807) is 0 Å². The minimum Gasteiger partial charge on any atom is -0.485 e. The molecule has 0 aromatic carbocycles. The lowest BCUT2D eigenvalue weighted by molar-refractivity contribution is -0.125. The molecule has 6 heterocycles. The van der Waals surface area contributed by atoms with Gasteiger partial charge in [0.15, 0.2) is 5.75 Å². The van der Waals surface area contributed by atoms with Crippen LogP contribution in [-0.2, 0) is 16.1 Å². The smallest absolute Gasteiger partial charge is 0.246 e. The molecule has 0 bridgehead atoms. The number of nitrogens with one attached hydrogen (secondary N) is 1. The number of carbonyl (C=O) groups is 1. The maximum absolute atomic E-state index is 12.0. The van der Waals surface area contributed by atoms with Crippen molar-refractivity contribution in [2.75, 3.05) is 62.7 Å². The molecule has 1 atom stereocenters. The van der Waals surface area contributed by atoms with Gasteiger partial charge in [0, 0.05) is 57.1 Å². The Balaban J connectivity index is 0.00000294. The fourth-order valence-electron chi connectivity index (χ4n) is 6.20. The van der Waals surface area contributed by atoms with Crippen LogP contribution in [0, 0.1) is 6.92 Å². The van der Waals surface area contributed by atoms with Gasteiger partial charge in [0.2, 0.25) is 5.91 Å². The third kappa shape index (κ3) is 4.78. The second-order valence-corrected chi connectivity index (χ2v) is 10.4. The van der Waals surface area contributed by atoms with E-state index in [4.69, 9.17) is 14.5 Å². The highest BCUT2D eigenvalue weighted by Gasteiger charge is 2.33. The van der Waals surface area contributed by atoms with Gasteiger partial charge >= 0.3 is 0 Å². The quantitative estimate of drug-likeness (QED) is 0.632. The van der Waals surface area contributed by atoms with E-state index in [0.29, 0.717) is 18.6 Å². The average molecular weight is 507 g/mol. The lowest BCUT2D eigenvalue weighted by Crippen LogP contribution is -2.43. The summed E-state index contributed by atoms with van der Waals surface area (Å²) in [6.07, 6.45) is 6.47. The zero-order chi connectivity index (χ0) is 25.4. The molecule has 0 saturated carbocycles. The normalized spacial score (nSPS) is 22.5. The first-order valence-corrected chi connectivity index (χ1v) is 13.5. The van der Waals surface area contributed by atoms with Crippen molar-refractivity contribution in [2.45, 2.75) is 44.8 Å². The second-order valence-electron chi connectivity index (χ2n) is 10.4. The molecule has 9 heteroatoms. The van der Waals surface area contributed by atoms with Crippen molar-refractivity contribution < 1.29 is 15.7 Å². The maximum Gasteiger partial charge on any atom is 0.246 e. The molecule has 0 spiro atoms. The van der Waals surface area contributed by atoms with E-state index in [1.807, 2.05) is 18.0 Å². The summed E-state index contributed by atoms with van der Waals surface area (Å²) in [7, 11) is 0. The predicted octanol–water partition coefficient (Wildman–Crippen LogP) is 3.47. The third-order valence-electron chi connectivity index (χ3n) is 8.27. The summed E-state index contributed by atoms with van der Waals surface area (Å²) in [6, 6.07) is 4.69. The van der Waals surface area contributed by atoms with E-state index in [9.17, 15) is 4.79 Å². The molecular weight excluding hydrogens is 468 g/mol. The minimum absolute atomic E-state index is 0. The molecule has 0 aliphatic carbocycles. The van der Waals surface area contributed by atoms with E-state index >= 15 is 0 Å². The number of anilines is 3. The summed E-state index contributed by atoms with van der Waals surface area (Å²) in [5, 5.41) is 3.59. The molecule has 198 valence electrons. The predicted molar refractivity (Wildman–Crippen MR) is 145 cm³/mol. The van der Waals surface area contributed by atoms with E-state index in [0.717, 1.165) is 112 Å². The Morgan fingerprint density at radius 1 is 1.19 bits per heavy atom. The van der Waals surface area contributed by atoms with Crippen molar-refractivity contribution in [3.63, 3.8) is 0 Å². The van der Waals surface area contributed by atoms with E-state index in [1.165, 1.54) is 6.08 Å². The van der Waals surface area contributed by atoms with Crippen molar-refractivity contribution in [1.82, 2.24) is 19.8 Å². The van der Waals surface area contributed by atoms with Gasteiger partial charge in [0.05, 0.1) is 30.2 Å². The van der Waals surface area contributed by atoms with Crippen molar-refractivity contribution in [3.8, 4) is 5.75 Å². The Morgan fingerprint density at radius 2 is 2.00 bits per heavy atom. The molecule has 37 heavy (non-hydrogen) atoms. The van der Waals surface area contributed by atoms with Gasteiger partial charge in [-0.2, -0.15) is 0 Å². The Kier molecular flexibility index (Phi) is 6.73. The lowest BCUT2D eigenvalue weighted by Gasteiger charge is -2.36. The molecule has 0 radical (unpaired) electrons. The number of amides is 1. The van der Waals surface area contributed by atoms with Gasteiger partial charge in [-0.05, 0) is 57.5 Å². The van der Waals surface area contributed by atoms with Crippen LogP contribution in [0.4, 0.5) is 17.2 Å². The molecule has 4 aliphatic heterocycles. The van der Waals surface area contributed by atoms with E-state index in [-0.39, 0.29) is 7.33 Å². The van der Waals surface area contributed by atoms with Crippen molar-refractivity contribution in [2.24, 2.45) is 0 Å². The number of rotatable bonds is 4. The Bertz CT molecular complexity index is 1180. The topological polar surface area (TPSA) is 83.1 Å². The highest BCUT2D eigenvalue weighted by Crippen LogP contribution is 2.40. The number of hydrogen-bond donors (Lipinski definition) is 1. The fraction of sp³-hybridized carbons (Fsp3) is 0.536. The maximum atomic E-state index is 12.0. The summed E-state index contributed by atoms with van der Waals surface area (Å²) < 4.78 is 11.9. The molecule has 1 N–H and O–H groups in total. The lowest BCUT2D eigenvalue weighted by atomic mass is 9.91. The SMILES string of the molecule is C=CC(=O)N1CC[C@@H](N2CCC(c3cc4c(c(C)n3)OCc3c(N5CCOCC5)ccnc3N4)CC2)C1.[HH]. The Morgan fingerprint density at radius 3 is 2.78 bits per heavy atom. The number of aryl methyl sites for hydroxylation is 1. The first-order valence-electron chi connectivity index (χ1n) is 13.5. The second kappa shape index (κ2) is 10.3. The van der Waals surface area contributed by atoms with E-state index < -0.39 is 0 Å². The van der Waals surface area contributed by atoms with Crippen LogP contribution in [0.2, 0.25) is 0 Å². The largest absolute Gasteiger partial charge is 0.485 e. The highest BCUT2D eigenvalue weighted by atomic mass is 16.5. The average Bonchev–Trinajstić information content (AvgIpc) is 3.35. The van der Waals surface area contributed by atoms with Crippen molar-refractivity contribution >= 4 is 23.1 Å². The number of ether oxygens (including phenoxy) is 2. The van der Waals surface area contributed by atoms with Gasteiger partial charge < -0.3 is 24.6 Å². The molecule has 2 aromatic rings. The molecule has 6 rings (SSSR count). The number of morpholine rings is 1. The number of fused-ring (bicyclic) bond motifs is 2. The van der Waals surface area contributed by atoms with Crippen LogP contribution < -0.4 is 15.0 Å². The first kappa shape index (κ1) is 24.2. The standard InChI is InChI=1S/C28H36N6O3.H2/c1-3-26(35)34-11-7-21(17-34)32-9-5-20(6-10-32)23-16-24-27(19(2)30-23)37-18-22-25(4-8-29-28(22)31-24)33-12-14-36-15-13-33;/h3-4,8,16,20-21H,1,5-7,9-15,17-18H2,2H3,(H,29,31);1H/t21-;/m1./s1. The molecular formula is C28H38N6O3. The van der Waals surface area contributed by atoms with Crippen LogP contribution in [0.3, 0.4) is 0 Å². The number of hydrogen-bond acceptors (Lipinski definition) is 8. The Hall–Kier alpha value is -3.17. The van der Waals surface area contributed by atoms with Crippen LogP contribution in [0.1, 0.15) is 43.6 Å². The summed E-state index contributed by atoms with van der Waals surface area (Å²) in [6.45, 7) is 13.0. The van der Waals surface area contributed by atoms with Gasteiger partial charge in [0.25, 0.3) is 0 Å². The minimum atomic E-state index is 0. The van der Waals surface area contributed by atoms with Crippen LogP contribution in [0.15, 0.2) is 31.0 Å². The van der Waals surface area contributed by atoms with Gasteiger partial charge in [-0.3, -0.25) is 14.7 Å². The van der Waals surface area contributed by atoms with Gasteiger partial charge in [-0.25, -0.2) is 4.98 Å². The summed E-state index contributed by atoms with van der Waals surface area (Å²) in [5.74, 6) is 2.12. The molecule has 1 amide bonds. The van der Waals surface area contributed by atoms with Gasteiger partial charge in [0.1, 0.15) is 12.4 Å². The summed E-state index contributed by atoms with van der Waals surface area (Å²) in [4.78, 5) is 28.5. The molecule has 4 aliphatic rings.